The van der Waals surface area contributed by atoms with Gasteiger partial charge in [0.1, 0.15) is 0 Å². The number of sulfone groups is 1. The summed E-state index contributed by atoms with van der Waals surface area (Å²) >= 11 is 0. The molecule has 0 bridgehead atoms. The first-order valence-electron chi connectivity index (χ1n) is 7.32. The fourth-order valence-electron chi connectivity index (χ4n) is 2.90. The van der Waals surface area contributed by atoms with Gasteiger partial charge in [-0.25, -0.2) is 21.6 Å². The van der Waals surface area contributed by atoms with E-state index in [0.717, 1.165) is 11.1 Å². The third-order valence-corrected chi connectivity index (χ3v) is 7.45. The monoisotopic (exact) mass is 355 g/mol. The predicted molar refractivity (Wildman–Crippen MR) is 86.6 cm³/mol. The number of aryl methyl sites for hydroxylation is 1. The molecule has 6 nitrogen and oxygen atoms in total. The number of rotatable bonds is 3. The van der Waals surface area contributed by atoms with E-state index < -0.39 is 31.7 Å². The lowest BCUT2D eigenvalue weighted by Crippen LogP contribution is -2.37. The lowest BCUT2D eigenvalue weighted by molar-refractivity contribution is -0.122. The van der Waals surface area contributed by atoms with Crippen molar-refractivity contribution in [1.82, 2.24) is 4.72 Å². The molecule has 0 radical (unpaired) electrons. The van der Waals surface area contributed by atoms with Crippen molar-refractivity contribution in [2.75, 3.05) is 11.5 Å². The Morgan fingerprint density at radius 2 is 1.91 bits per heavy atom. The number of hydrogen-bond donors (Lipinski definition) is 1. The Balaban J connectivity index is 1.78. The van der Waals surface area contributed by atoms with Gasteiger partial charge in [0.25, 0.3) is 10.0 Å². The summed E-state index contributed by atoms with van der Waals surface area (Å²) in [6, 6.07) is 7.49. The molecule has 1 N–H and O–H groups in total. The third-order valence-electron chi connectivity index (χ3n) is 4.20. The Kier molecular flexibility index (Phi) is 4.05. The molecule has 1 amide bonds. The zero-order chi connectivity index (χ0) is 16.7. The van der Waals surface area contributed by atoms with E-state index in [9.17, 15) is 21.6 Å². The van der Waals surface area contributed by atoms with Crippen LogP contribution < -0.4 is 4.72 Å². The molecule has 1 fully saturated rings. The molecule has 1 aliphatic carbocycles. The average Bonchev–Trinajstić information content (AvgIpc) is 2.86. The fourth-order valence-corrected chi connectivity index (χ4v) is 5.86. The minimum Gasteiger partial charge on any atom is -0.274 e. The number of fused-ring (bicyclic) bond motifs is 1. The van der Waals surface area contributed by atoms with E-state index in [0.29, 0.717) is 12.8 Å². The summed E-state index contributed by atoms with van der Waals surface area (Å²) < 4.78 is 49.6. The minimum absolute atomic E-state index is 0.0682. The summed E-state index contributed by atoms with van der Waals surface area (Å²) in [7, 11) is -7.16. The maximum absolute atomic E-state index is 12.4. The molecule has 124 valence electrons. The Labute approximate surface area is 135 Å². The highest BCUT2D eigenvalue weighted by Gasteiger charge is 2.35. The summed E-state index contributed by atoms with van der Waals surface area (Å²) in [5, 5.41) is 0. The molecule has 1 heterocycles. The van der Waals surface area contributed by atoms with Gasteiger partial charge in [-0.05, 0) is 36.5 Å². The fraction of sp³-hybridized carbons (Fsp3) is 0.400. The molecule has 0 unspecified atom stereocenters. The molecule has 1 atom stereocenters. The zero-order valence-corrected chi connectivity index (χ0v) is 14.0. The highest BCUT2D eigenvalue weighted by Crippen LogP contribution is 2.27. The molecule has 23 heavy (non-hydrogen) atoms. The van der Waals surface area contributed by atoms with Crippen molar-refractivity contribution in [3.8, 4) is 0 Å². The maximum atomic E-state index is 12.4. The maximum Gasteiger partial charge on any atom is 0.260 e. The van der Waals surface area contributed by atoms with Gasteiger partial charge in [-0.1, -0.05) is 24.3 Å². The van der Waals surface area contributed by atoms with E-state index in [4.69, 9.17) is 0 Å². The number of carbonyl (C=O) groups excluding carboxylic acids is 1. The van der Waals surface area contributed by atoms with Crippen molar-refractivity contribution in [2.45, 2.75) is 19.3 Å². The van der Waals surface area contributed by atoms with Crippen LogP contribution >= 0.6 is 0 Å². The molecular weight excluding hydrogens is 338 g/mol. The Morgan fingerprint density at radius 1 is 1.17 bits per heavy atom. The quantitative estimate of drug-likeness (QED) is 0.867. The van der Waals surface area contributed by atoms with Crippen LogP contribution in [0.2, 0.25) is 0 Å². The van der Waals surface area contributed by atoms with Crippen LogP contribution in [0.1, 0.15) is 24.0 Å². The van der Waals surface area contributed by atoms with E-state index >= 15 is 0 Å². The lowest BCUT2D eigenvalue weighted by atomic mass is 9.98. The molecule has 3 rings (SSSR count). The van der Waals surface area contributed by atoms with Crippen molar-refractivity contribution in [3.05, 3.63) is 40.3 Å². The first-order chi connectivity index (χ1) is 10.8. The molecule has 1 saturated heterocycles. The molecule has 1 aliphatic heterocycles. The van der Waals surface area contributed by atoms with Gasteiger partial charge in [-0.15, -0.1) is 0 Å². The van der Waals surface area contributed by atoms with Gasteiger partial charge >= 0.3 is 0 Å². The van der Waals surface area contributed by atoms with E-state index in [1.807, 2.05) is 29.0 Å². The zero-order valence-electron chi connectivity index (χ0n) is 12.4. The Bertz CT molecular complexity index is 884. The molecule has 0 aromatic heterocycles. The summed E-state index contributed by atoms with van der Waals surface area (Å²) in [4.78, 5) is 12.2. The summed E-state index contributed by atoms with van der Waals surface area (Å²) in [5.74, 6) is -1.87. The minimum atomic E-state index is -3.93. The van der Waals surface area contributed by atoms with Crippen molar-refractivity contribution in [1.29, 1.82) is 0 Å². The van der Waals surface area contributed by atoms with Crippen molar-refractivity contribution >= 4 is 31.8 Å². The standard InChI is InChI=1S/C15H17NO5S2/c17-15(13-7-8-22(18,19)10-13)16-23(20,21)14-6-5-11-3-1-2-4-12(11)9-14/h1-4,9,13H,5-8,10H2,(H,16,17)/t13-/m0/s1. The van der Waals surface area contributed by atoms with Gasteiger partial charge in [-0.3, -0.25) is 4.79 Å². The second kappa shape index (κ2) is 5.76. The van der Waals surface area contributed by atoms with Gasteiger partial charge < -0.3 is 0 Å². The predicted octanol–water partition coefficient (Wildman–Crippen LogP) is 0.854. The van der Waals surface area contributed by atoms with Gasteiger partial charge in [0.05, 0.1) is 22.3 Å². The van der Waals surface area contributed by atoms with Crippen LogP contribution in [0.25, 0.3) is 6.08 Å². The smallest absolute Gasteiger partial charge is 0.260 e. The number of hydrogen-bond acceptors (Lipinski definition) is 5. The number of sulfonamides is 1. The second-order valence-corrected chi connectivity index (χ2v) is 9.84. The first kappa shape index (κ1) is 16.2. The van der Waals surface area contributed by atoms with Crippen LogP contribution in [0.3, 0.4) is 0 Å². The number of amides is 1. The molecule has 2 aliphatic rings. The van der Waals surface area contributed by atoms with E-state index in [1.54, 1.807) is 6.08 Å². The normalized spacial score (nSPS) is 23.0. The van der Waals surface area contributed by atoms with Gasteiger partial charge in [0, 0.05) is 0 Å². The van der Waals surface area contributed by atoms with Crippen LogP contribution in [0.15, 0.2) is 29.2 Å². The number of allylic oxidation sites excluding steroid dienone is 1. The van der Waals surface area contributed by atoms with Gasteiger partial charge in [0.2, 0.25) is 5.91 Å². The molecule has 0 saturated carbocycles. The van der Waals surface area contributed by atoms with Crippen LogP contribution in [0.4, 0.5) is 0 Å². The van der Waals surface area contributed by atoms with Crippen LogP contribution in [-0.2, 0) is 31.1 Å². The molecular formula is C15H17NO5S2. The highest BCUT2D eigenvalue weighted by molar-refractivity contribution is 7.94. The largest absolute Gasteiger partial charge is 0.274 e. The summed E-state index contributed by atoms with van der Waals surface area (Å²) in [5.41, 5.74) is 1.90. The van der Waals surface area contributed by atoms with E-state index in [1.165, 1.54) is 0 Å². The average molecular weight is 355 g/mol. The molecule has 0 spiro atoms. The topological polar surface area (TPSA) is 97.4 Å². The third kappa shape index (κ3) is 3.48. The van der Waals surface area contributed by atoms with Crippen molar-refractivity contribution < 1.29 is 21.6 Å². The van der Waals surface area contributed by atoms with E-state index in [-0.39, 0.29) is 22.8 Å². The van der Waals surface area contributed by atoms with Crippen LogP contribution in [0.5, 0.6) is 0 Å². The SMILES string of the molecule is O=C(NS(=O)(=O)C1=Cc2ccccc2CC1)[C@H]1CCS(=O)(=O)C1. The first-order valence-corrected chi connectivity index (χ1v) is 10.6. The number of carbonyl (C=O) groups is 1. The summed E-state index contributed by atoms with van der Waals surface area (Å²) in [6.45, 7) is 0. The van der Waals surface area contributed by atoms with Gasteiger partial charge in [0.15, 0.2) is 9.84 Å². The number of benzene rings is 1. The van der Waals surface area contributed by atoms with Gasteiger partial charge in [-0.2, -0.15) is 0 Å². The molecule has 1 aromatic carbocycles. The molecule has 8 heteroatoms. The Morgan fingerprint density at radius 3 is 2.61 bits per heavy atom. The number of nitrogens with one attached hydrogen (secondary N) is 1. The van der Waals surface area contributed by atoms with E-state index in [2.05, 4.69) is 0 Å². The van der Waals surface area contributed by atoms with Crippen LogP contribution in [-0.4, -0.2) is 34.2 Å². The lowest BCUT2D eigenvalue weighted by Gasteiger charge is -2.17. The highest BCUT2D eigenvalue weighted by atomic mass is 32.2. The van der Waals surface area contributed by atoms with Crippen molar-refractivity contribution in [3.63, 3.8) is 0 Å². The summed E-state index contributed by atoms with van der Waals surface area (Å²) in [6.07, 6.45) is 2.66. The van der Waals surface area contributed by atoms with Crippen molar-refractivity contribution in [2.24, 2.45) is 5.92 Å². The Hall–Kier alpha value is -1.67. The second-order valence-electron chi connectivity index (χ2n) is 5.88. The molecule has 1 aromatic rings. The van der Waals surface area contributed by atoms with Crippen LogP contribution in [0, 0.1) is 5.92 Å².